The van der Waals surface area contributed by atoms with E-state index < -0.39 is 29.7 Å². The Morgan fingerprint density at radius 3 is 2.42 bits per heavy atom. The van der Waals surface area contributed by atoms with E-state index in [0.29, 0.717) is 6.54 Å². The molecule has 2 rings (SSSR count). The first kappa shape index (κ1) is 30.6. The molecule has 0 radical (unpaired) electrons. The highest BCUT2D eigenvalue weighted by Crippen LogP contribution is 2.30. The summed E-state index contributed by atoms with van der Waals surface area (Å²) < 4.78 is 34.4. The fourth-order valence-corrected chi connectivity index (χ4v) is 3.38. The number of anilines is 1. The molecule has 2 atom stereocenters. The number of hydrogen-bond acceptors (Lipinski definition) is 7. The maximum atomic E-state index is 14.6. The molecule has 0 bridgehead atoms. The monoisotopic (exact) mass is 508 g/mol. The molecule has 1 saturated heterocycles. The van der Waals surface area contributed by atoms with Crippen molar-refractivity contribution in [2.45, 2.75) is 52.6 Å². The van der Waals surface area contributed by atoms with Crippen LogP contribution in [-0.4, -0.2) is 37.7 Å². The van der Waals surface area contributed by atoms with Gasteiger partial charge in [-0.05, 0) is 31.1 Å². The zero-order valence-electron chi connectivity index (χ0n) is 21.3. The largest absolute Gasteiger partial charge is 0.442 e. The molecular formula is C25H38F2N6O3. The molecule has 0 aromatic heterocycles. The Hall–Kier alpha value is -3.44. The van der Waals surface area contributed by atoms with Gasteiger partial charge in [-0.15, -0.1) is 0 Å². The smallest absolute Gasteiger partial charge is 0.414 e. The highest BCUT2D eigenvalue weighted by atomic mass is 19.1. The topological polar surface area (TPSA) is 149 Å². The lowest BCUT2D eigenvalue weighted by Crippen LogP contribution is -2.33. The van der Waals surface area contributed by atoms with Crippen LogP contribution in [0.15, 0.2) is 47.8 Å². The molecule has 200 valence electrons. The molecule has 0 saturated carbocycles. The lowest BCUT2D eigenvalue weighted by molar-refractivity contribution is -0.119. The van der Waals surface area contributed by atoms with E-state index in [1.165, 1.54) is 13.1 Å². The Morgan fingerprint density at radius 2 is 1.97 bits per heavy atom. The maximum Gasteiger partial charge on any atom is 0.414 e. The van der Waals surface area contributed by atoms with Gasteiger partial charge in [0.2, 0.25) is 5.91 Å². The third-order valence-electron chi connectivity index (χ3n) is 5.39. The highest BCUT2D eigenvalue weighted by molar-refractivity contribution is 5.90. The van der Waals surface area contributed by atoms with Gasteiger partial charge in [0.25, 0.3) is 0 Å². The molecule has 1 fully saturated rings. The summed E-state index contributed by atoms with van der Waals surface area (Å²) in [6.45, 7) is 7.49. The van der Waals surface area contributed by atoms with Crippen molar-refractivity contribution >= 4 is 17.7 Å². The SMILES string of the molecule is C/C=C(\C=C/C(C)c1c(F)cc(N2CC(CNC(C)=O)OC2=O)cc1F)CN.CCC/C(=C/N)NN. The van der Waals surface area contributed by atoms with E-state index in [4.69, 9.17) is 22.0 Å². The molecule has 2 unspecified atom stereocenters. The molecule has 0 spiro atoms. The Morgan fingerprint density at radius 1 is 1.33 bits per heavy atom. The van der Waals surface area contributed by atoms with Crippen LogP contribution in [0.4, 0.5) is 19.3 Å². The van der Waals surface area contributed by atoms with Crippen molar-refractivity contribution in [2.75, 3.05) is 24.5 Å². The van der Waals surface area contributed by atoms with Crippen LogP contribution in [0.25, 0.3) is 0 Å². The van der Waals surface area contributed by atoms with E-state index in [0.717, 1.165) is 41.1 Å². The number of nitrogens with zero attached hydrogens (tertiary/aromatic N) is 1. The standard InChI is InChI=1S/C20H25F2N3O3.C5H13N3/c1-4-14(9-23)6-5-12(2)19-17(21)7-15(8-18(19)22)25-11-16(28-20(25)27)10-24-13(3)26;1-2-3-5(4-6)8-7/h4-8,12,16H,9-11,23H2,1-3H3,(H,24,26);4,8H,2-3,6-7H2,1H3/b6-5-,14-4+;5-4-. The lowest BCUT2D eigenvalue weighted by atomic mass is 9.97. The number of hydrazine groups is 1. The van der Waals surface area contributed by atoms with Crippen LogP contribution in [0.2, 0.25) is 0 Å². The first-order chi connectivity index (χ1) is 17.1. The van der Waals surface area contributed by atoms with Gasteiger partial charge in [0.15, 0.2) is 0 Å². The summed E-state index contributed by atoms with van der Waals surface area (Å²) >= 11 is 0. The highest BCUT2D eigenvalue weighted by Gasteiger charge is 2.33. The predicted molar refractivity (Wildman–Crippen MR) is 138 cm³/mol. The van der Waals surface area contributed by atoms with E-state index in [-0.39, 0.29) is 30.2 Å². The second-order valence-corrected chi connectivity index (χ2v) is 8.18. The predicted octanol–water partition coefficient (Wildman–Crippen LogP) is 3.04. The van der Waals surface area contributed by atoms with Gasteiger partial charge in [-0.2, -0.15) is 0 Å². The van der Waals surface area contributed by atoms with Crippen molar-refractivity contribution in [1.82, 2.24) is 10.7 Å². The van der Waals surface area contributed by atoms with Crippen molar-refractivity contribution in [2.24, 2.45) is 17.3 Å². The van der Waals surface area contributed by atoms with Gasteiger partial charge in [0, 0.05) is 36.8 Å². The average molecular weight is 509 g/mol. The Labute approximate surface area is 211 Å². The molecule has 9 nitrogen and oxygen atoms in total. The number of carbonyl (C=O) groups excluding carboxylic acids is 2. The number of benzene rings is 1. The summed E-state index contributed by atoms with van der Waals surface area (Å²) in [5, 5.41) is 2.55. The number of nitrogens with one attached hydrogen (secondary N) is 2. The summed E-state index contributed by atoms with van der Waals surface area (Å²) in [4.78, 5) is 24.2. The molecule has 1 heterocycles. The van der Waals surface area contributed by atoms with Crippen molar-refractivity contribution in [1.29, 1.82) is 0 Å². The third-order valence-corrected chi connectivity index (χ3v) is 5.39. The fourth-order valence-electron chi connectivity index (χ4n) is 3.38. The zero-order valence-corrected chi connectivity index (χ0v) is 21.3. The molecule has 8 N–H and O–H groups in total. The first-order valence-corrected chi connectivity index (χ1v) is 11.7. The zero-order chi connectivity index (χ0) is 27.3. The minimum Gasteiger partial charge on any atom is -0.442 e. The van der Waals surface area contributed by atoms with Gasteiger partial charge in [-0.1, -0.05) is 38.5 Å². The molecule has 0 aliphatic carbocycles. The Bertz CT molecular complexity index is 958. The average Bonchev–Trinajstić information content (AvgIpc) is 3.22. The van der Waals surface area contributed by atoms with Crippen LogP contribution in [0.5, 0.6) is 0 Å². The molecule has 11 heteroatoms. The van der Waals surface area contributed by atoms with E-state index in [1.54, 1.807) is 19.1 Å². The lowest BCUT2D eigenvalue weighted by Gasteiger charge is -2.17. The van der Waals surface area contributed by atoms with Crippen molar-refractivity contribution in [3.05, 3.63) is 65.0 Å². The van der Waals surface area contributed by atoms with E-state index >= 15 is 0 Å². The summed E-state index contributed by atoms with van der Waals surface area (Å²) in [5.74, 6) is 2.80. The summed E-state index contributed by atoms with van der Waals surface area (Å²) in [6.07, 6.45) is 7.42. The Kier molecular flexibility index (Phi) is 13.2. The van der Waals surface area contributed by atoms with Gasteiger partial charge in [0.1, 0.15) is 17.7 Å². The molecule has 1 aliphatic heterocycles. The second kappa shape index (κ2) is 15.5. The number of ether oxygens (including phenoxy) is 1. The molecule has 2 amide bonds. The number of carbonyl (C=O) groups is 2. The van der Waals surface area contributed by atoms with Gasteiger partial charge < -0.3 is 26.9 Å². The minimum atomic E-state index is -0.750. The van der Waals surface area contributed by atoms with E-state index in [2.05, 4.69) is 17.7 Å². The molecular weight excluding hydrogens is 470 g/mol. The van der Waals surface area contributed by atoms with E-state index in [9.17, 15) is 18.4 Å². The second-order valence-electron chi connectivity index (χ2n) is 8.18. The summed E-state index contributed by atoms with van der Waals surface area (Å²) in [7, 11) is 0. The number of allylic oxidation sites excluding steroid dienone is 3. The first-order valence-electron chi connectivity index (χ1n) is 11.7. The Balaban J connectivity index is 0.000000697. The van der Waals surface area contributed by atoms with Gasteiger partial charge in [0.05, 0.1) is 18.8 Å². The molecule has 1 aliphatic rings. The van der Waals surface area contributed by atoms with Crippen LogP contribution < -0.4 is 33.0 Å². The van der Waals surface area contributed by atoms with Crippen LogP contribution in [0, 0.1) is 11.6 Å². The molecule has 1 aromatic carbocycles. The number of rotatable bonds is 10. The number of halogens is 2. The number of nitrogens with two attached hydrogens (primary N) is 3. The van der Waals surface area contributed by atoms with Gasteiger partial charge in [-0.3, -0.25) is 15.5 Å². The normalized spacial score (nSPS) is 16.9. The van der Waals surface area contributed by atoms with Crippen molar-refractivity contribution in [3.8, 4) is 0 Å². The summed E-state index contributed by atoms with van der Waals surface area (Å²) in [5.41, 5.74) is 15.0. The van der Waals surface area contributed by atoms with Crippen LogP contribution >= 0.6 is 0 Å². The number of hydrogen-bond donors (Lipinski definition) is 5. The van der Waals surface area contributed by atoms with Crippen LogP contribution in [-0.2, 0) is 9.53 Å². The molecule has 1 aromatic rings. The van der Waals surface area contributed by atoms with Gasteiger partial charge in [-0.25, -0.2) is 13.6 Å². The van der Waals surface area contributed by atoms with E-state index in [1.807, 2.05) is 13.0 Å². The third kappa shape index (κ3) is 9.31. The fraction of sp³-hybridized carbons (Fsp3) is 0.440. The maximum absolute atomic E-state index is 14.6. The van der Waals surface area contributed by atoms with Crippen molar-refractivity contribution < 1.29 is 23.1 Å². The van der Waals surface area contributed by atoms with Crippen molar-refractivity contribution in [3.63, 3.8) is 0 Å². The molecule has 36 heavy (non-hydrogen) atoms. The number of amides is 2. The van der Waals surface area contributed by atoms with Crippen LogP contribution in [0.1, 0.15) is 52.0 Å². The quantitative estimate of drug-likeness (QED) is 0.185. The summed E-state index contributed by atoms with van der Waals surface area (Å²) in [6, 6.07) is 2.23. The number of cyclic esters (lactones) is 1. The van der Waals surface area contributed by atoms with Gasteiger partial charge >= 0.3 is 6.09 Å². The van der Waals surface area contributed by atoms with Crippen LogP contribution in [0.3, 0.4) is 0 Å². The minimum absolute atomic E-state index is 0.0707.